The van der Waals surface area contributed by atoms with Crippen molar-refractivity contribution >= 4 is 23.7 Å². The van der Waals surface area contributed by atoms with Crippen molar-refractivity contribution in [3.8, 4) is 0 Å². The lowest BCUT2D eigenvalue weighted by Crippen LogP contribution is -2.30. The number of nitrogens with two attached hydrogens (primary N) is 1. The predicted octanol–water partition coefficient (Wildman–Crippen LogP) is -0.893. The molecule has 7 nitrogen and oxygen atoms in total. The molecular weight excluding hydrogens is 186 g/mol. The van der Waals surface area contributed by atoms with E-state index in [4.69, 9.17) is 5.73 Å². The van der Waals surface area contributed by atoms with Gasteiger partial charge in [0.05, 0.1) is 0 Å². The number of anilines is 2. The molecule has 1 aromatic rings. The number of hydrogen-bond donors (Lipinski definition) is 1. The first-order valence-corrected chi connectivity index (χ1v) is 3.99. The van der Waals surface area contributed by atoms with Gasteiger partial charge in [0, 0.05) is 12.8 Å². The number of aromatic nitrogens is 3. The molecule has 2 heterocycles. The lowest BCUT2D eigenvalue weighted by Gasteiger charge is -2.10. The molecule has 0 saturated carbocycles. The third-order valence-electron chi connectivity index (χ3n) is 1.83. The zero-order chi connectivity index (χ0) is 10.1. The van der Waals surface area contributed by atoms with Gasteiger partial charge in [-0.1, -0.05) is 0 Å². The Balaban J connectivity index is 2.39. The van der Waals surface area contributed by atoms with Gasteiger partial charge in [-0.3, -0.25) is 9.59 Å². The molecule has 0 bridgehead atoms. The van der Waals surface area contributed by atoms with E-state index in [1.807, 2.05) is 0 Å². The minimum atomic E-state index is -0.305. The quantitative estimate of drug-likeness (QED) is 0.580. The van der Waals surface area contributed by atoms with Crippen LogP contribution in [0.4, 0.5) is 11.9 Å². The van der Waals surface area contributed by atoms with E-state index in [0.29, 0.717) is 0 Å². The summed E-state index contributed by atoms with van der Waals surface area (Å²) >= 11 is 0. The summed E-state index contributed by atoms with van der Waals surface area (Å²) in [6.45, 7) is 0. The number of imide groups is 1. The van der Waals surface area contributed by atoms with Gasteiger partial charge in [-0.05, 0) is 0 Å². The maximum Gasteiger partial charge on any atom is 0.243 e. The maximum absolute atomic E-state index is 11.3. The summed E-state index contributed by atoms with van der Waals surface area (Å²) in [5.41, 5.74) is 5.31. The van der Waals surface area contributed by atoms with Crippen molar-refractivity contribution in [3.63, 3.8) is 0 Å². The molecule has 7 heteroatoms. The van der Waals surface area contributed by atoms with Gasteiger partial charge < -0.3 is 5.73 Å². The number of carbonyl (C=O) groups is 2. The molecule has 2 amide bonds. The first-order chi connectivity index (χ1) is 6.68. The second-order valence-corrected chi connectivity index (χ2v) is 2.77. The van der Waals surface area contributed by atoms with E-state index >= 15 is 0 Å². The van der Waals surface area contributed by atoms with Crippen LogP contribution < -0.4 is 10.6 Å². The molecule has 1 saturated heterocycles. The fourth-order valence-electron chi connectivity index (χ4n) is 1.21. The Labute approximate surface area is 79.0 Å². The molecule has 0 aliphatic carbocycles. The van der Waals surface area contributed by atoms with Gasteiger partial charge in [0.2, 0.25) is 23.7 Å². The van der Waals surface area contributed by atoms with E-state index in [-0.39, 0.29) is 36.6 Å². The summed E-state index contributed by atoms with van der Waals surface area (Å²) in [5, 5.41) is 0. The monoisotopic (exact) mass is 193 g/mol. The maximum atomic E-state index is 11.3. The van der Waals surface area contributed by atoms with Gasteiger partial charge in [0.1, 0.15) is 6.33 Å². The molecule has 1 fully saturated rings. The first kappa shape index (κ1) is 8.54. The minimum absolute atomic E-state index is 0.00463. The van der Waals surface area contributed by atoms with Crippen LogP contribution in [0.2, 0.25) is 0 Å². The number of nitrogen functional groups attached to an aromatic ring is 1. The Morgan fingerprint density at radius 3 is 2.43 bits per heavy atom. The van der Waals surface area contributed by atoms with Crippen molar-refractivity contribution in [2.45, 2.75) is 12.8 Å². The van der Waals surface area contributed by atoms with Gasteiger partial charge >= 0.3 is 0 Å². The average Bonchev–Trinajstić information content (AvgIpc) is 2.46. The van der Waals surface area contributed by atoms with Crippen LogP contribution in [0.1, 0.15) is 12.8 Å². The summed E-state index contributed by atoms with van der Waals surface area (Å²) in [7, 11) is 0. The second kappa shape index (κ2) is 3.02. The highest BCUT2D eigenvalue weighted by atomic mass is 16.2. The van der Waals surface area contributed by atoms with E-state index in [2.05, 4.69) is 15.0 Å². The molecule has 0 aromatic carbocycles. The van der Waals surface area contributed by atoms with Gasteiger partial charge in [-0.25, -0.2) is 14.9 Å². The third kappa shape index (κ3) is 1.28. The zero-order valence-electron chi connectivity index (χ0n) is 7.17. The molecule has 0 radical (unpaired) electrons. The van der Waals surface area contributed by atoms with E-state index in [1.165, 1.54) is 0 Å². The van der Waals surface area contributed by atoms with Gasteiger partial charge in [-0.2, -0.15) is 4.98 Å². The number of carbonyl (C=O) groups excluding carboxylic acids is 2. The van der Waals surface area contributed by atoms with Crippen LogP contribution in [-0.4, -0.2) is 26.8 Å². The lowest BCUT2D eigenvalue weighted by molar-refractivity contribution is -0.121. The lowest BCUT2D eigenvalue weighted by atomic mass is 10.4. The molecular formula is C7H7N5O2. The highest BCUT2D eigenvalue weighted by molar-refractivity contribution is 6.18. The normalized spacial score (nSPS) is 16.4. The summed E-state index contributed by atoms with van der Waals surface area (Å²) < 4.78 is 0. The van der Waals surface area contributed by atoms with Crippen LogP contribution in [0.5, 0.6) is 0 Å². The minimum Gasteiger partial charge on any atom is -0.368 e. The van der Waals surface area contributed by atoms with E-state index in [0.717, 1.165) is 11.2 Å². The Morgan fingerprint density at radius 1 is 1.21 bits per heavy atom. The Kier molecular flexibility index (Phi) is 1.84. The van der Waals surface area contributed by atoms with Crippen LogP contribution >= 0.6 is 0 Å². The molecule has 2 N–H and O–H groups in total. The second-order valence-electron chi connectivity index (χ2n) is 2.77. The summed E-state index contributed by atoms with van der Waals surface area (Å²) in [5.74, 6) is -0.617. The topological polar surface area (TPSA) is 102 Å². The molecule has 1 aliphatic rings. The summed E-state index contributed by atoms with van der Waals surface area (Å²) in [6, 6.07) is 0. The van der Waals surface area contributed by atoms with Crippen molar-refractivity contribution in [1.82, 2.24) is 15.0 Å². The molecule has 0 atom stereocenters. The molecule has 72 valence electrons. The van der Waals surface area contributed by atoms with Crippen molar-refractivity contribution < 1.29 is 9.59 Å². The van der Waals surface area contributed by atoms with Crippen molar-refractivity contribution in [2.75, 3.05) is 10.6 Å². The Bertz CT molecular complexity index is 389. The smallest absolute Gasteiger partial charge is 0.243 e. The third-order valence-corrected chi connectivity index (χ3v) is 1.83. The van der Waals surface area contributed by atoms with Crippen LogP contribution in [0.3, 0.4) is 0 Å². The van der Waals surface area contributed by atoms with E-state index < -0.39 is 0 Å². The Hall–Kier alpha value is -2.05. The van der Waals surface area contributed by atoms with Gasteiger partial charge in [-0.15, -0.1) is 0 Å². The van der Waals surface area contributed by atoms with E-state index in [1.54, 1.807) is 0 Å². The molecule has 2 rings (SSSR count). The standard InChI is InChI=1S/C7H7N5O2/c8-6-9-3-10-7(11-6)12-4(13)1-2-5(12)14/h3H,1-2H2,(H2,8,9,10,11). The molecule has 0 unspecified atom stereocenters. The van der Waals surface area contributed by atoms with Gasteiger partial charge in [0.25, 0.3) is 0 Å². The highest BCUT2D eigenvalue weighted by Crippen LogP contribution is 2.17. The van der Waals surface area contributed by atoms with Gasteiger partial charge in [0.15, 0.2) is 0 Å². The van der Waals surface area contributed by atoms with Crippen molar-refractivity contribution in [3.05, 3.63) is 6.33 Å². The van der Waals surface area contributed by atoms with Crippen LogP contribution in [0.15, 0.2) is 6.33 Å². The van der Waals surface area contributed by atoms with Crippen molar-refractivity contribution in [2.24, 2.45) is 0 Å². The molecule has 0 spiro atoms. The predicted molar refractivity (Wildman–Crippen MR) is 46.0 cm³/mol. The Morgan fingerprint density at radius 2 is 1.86 bits per heavy atom. The largest absolute Gasteiger partial charge is 0.368 e. The van der Waals surface area contributed by atoms with Crippen LogP contribution in [0.25, 0.3) is 0 Å². The number of rotatable bonds is 1. The van der Waals surface area contributed by atoms with E-state index in [9.17, 15) is 9.59 Å². The summed E-state index contributed by atoms with van der Waals surface area (Å²) in [4.78, 5) is 34.4. The molecule has 1 aromatic heterocycles. The van der Waals surface area contributed by atoms with Crippen LogP contribution in [0, 0.1) is 0 Å². The SMILES string of the molecule is Nc1ncnc(N2C(=O)CCC2=O)n1. The fraction of sp³-hybridized carbons (Fsp3) is 0.286. The summed E-state index contributed by atoms with van der Waals surface area (Å²) in [6.07, 6.45) is 1.56. The van der Waals surface area contributed by atoms with Crippen LogP contribution in [-0.2, 0) is 9.59 Å². The first-order valence-electron chi connectivity index (χ1n) is 3.99. The zero-order valence-corrected chi connectivity index (χ0v) is 7.17. The molecule has 1 aliphatic heterocycles. The number of nitrogens with zero attached hydrogens (tertiary/aromatic N) is 4. The van der Waals surface area contributed by atoms with Crippen molar-refractivity contribution in [1.29, 1.82) is 0 Å². The fourth-order valence-corrected chi connectivity index (χ4v) is 1.21. The number of amides is 2. The number of hydrogen-bond acceptors (Lipinski definition) is 6. The highest BCUT2D eigenvalue weighted by Gasteiger charge is 2.32. The average molecular weight is 193 g/mol. The molecule has 14 heavy (non-hydrogen) atoms.